The van der Waals surface area contributed by atoms with E-state index in [1.165, 1.54) is 0 Å². The molecule has 82 valence electrons. The molecule has 0 aliphatic rings. The molecule has 0 aromatic heterocycles. The number of nitrogens with two attached hydrogens (primary N) is 1. The lowest BCUT2D eigenvalue weighted by atomic mass is 10.1. The third-order valence-corrected chi connectivity index (χ3v) is 2.04. The van der Waals surface area contributed by atoms with Crippen molar-refractivity contribution in [1.82, 2.24) is 5.32 Å². The van der Waals surface area contributed by atoms with Crippen molar-refractivity contribution in [2.24, 2.45) is 5.73 Å². The predicted molar refractivity (Wildman–Crippen MR) is 58.5 cm³/mol. The van der Waals surface area contributed by atoms with Crippen LogP contribution in [0.3, 0.4) is 0 Å². The lowest BCUT2D eigenvalue weighted by molar-refractivity contribution is -0.120. The molecule has 4 N–H and O–H groups in total. The maximum Gasteiger partial charge on any atom is 0.220 e. The van der Waals surface area contributed by atoms with Crippen LogP contribution in [-0.2, 0) is 11.2 Å². The van der Waals surface area contributed by atoms with Crippen molar-refractivity contribution in [2.45, 2.75) is 12.8 Å². The number of benzene rings is 1. The molecule has 0 atom stereocenters. The molecule has 1 aromatic carbocycles. The number of rotatable bonds is 5. The minimum atomic E-state index is 0.00789. The Morgan fingerprint density at radius 2 is 2.00 bits per heavy atom. The zero-order chi connectivity index (χ0) is 11.1. The fourth-order valence-corrected chi connectivity index (χ4v) is 1.22. The van der Waals surface area contributed by atoms with Gasteiger partial charge in [0.25, 0.3) is 0 Å². The maximum atomic E-state index is 11.2. The molecule has 0 spiro atoms. The Labute approximate surface area is 89.1 Å². The first-order chi connectivity index (χ1) is 7.22. The molecule has 0 saturated carbocycles. The highest BCUT2D eigenvalue weighted by atomic mass is 16.3. The van der Waals surface area contributed by atoms with E-state index in [2.05, 4.69) is 5.32 Å². The minimum Gasteiger partial charge on any atom is -0.508 e. The van der Waals surface area contributed by atoms with E-state index < -0.39 is 0 Å². The molecule has 0 heterocycles. The summed E-state index contributed by atoms with van der Waals surface area (Å²) in [6.45, 7) is 0.985. The number of amides is 1. The summed E-state index contributed by atoms with van der Waals surface area (Å²) in [6, 6.07) is 6.86. The second-order valence-electron chi connectivity index (χ2n) is 3.31. The molecule has 1 amide bonds. The zero-order valence-electron chi connectivity index (χ0n) is 8.57. The van der Waals surface area contributed by atoms with Crippen LogP contribution in [0.4, 0.5) is 0 Å². The van der Waals surface area contributed by atoms with Gasteiger partial charge in [0.2, 0.25) is 5.91 Å². The van der Waals surface area contributed by atoms with Gasteiger partial charge in [0, 0.05) is 19.5 Å². The van der Waals surface area contributed by atoms with Crippen molar-refractivity contribution < 1.29 is 9.90 Å². The van der Waals surface area contributed by atoms with Gasteiger partial charge in [-0.2, -0.15) is 0 Å². The van der Waals surface area contributed by atoms with Crippen molar-refractivity contribution in [3.63, 3.8) is 0 Å². The van der Waals surface area contributed by atoms with Crippen LogP contribution in [0.5, 0.6) is 5.75 Å². The van der Waals surface area contributed by atoms with Gasteiger partial charge in [0.15, 0.2) is 0 Å². The lowest BCUT2D eigenvalue weighted by Crippen LogP contribution is -2.29. The van der Waals surface area contributed by atoms with Crippen LogP contribution < -0.4 is 11.1 Å². The van der Waals surface area contributed by atoms with Crippen molar-refractivity contribution in [3.8, 4) is 5.75 Å². The summed E-state index contributed by atoms with van der Waals surface area (Å²) in [7, 11) is 0. The average molecular weight is 208 g/mol. The Bertz CT molecular complexity index is 309. The number of hydrogen-bond donors (Lipinski definition) is 3. The number of carbonyl (C=O) groups is 1. The summed E-state index contributed by atoms with van der Waals surface area (Å²) < 4.78 is 0. The van der Waals surface area contributed by atoms with Crippen LogP contribution >= 0.6 is 0 Å². The first-order valence-electron chi connectivity index (χ1n) is 4.97. The number of carbonyl (C=O) groups excluding carboxylic acids is 1. The summed E-state index contributed by atoms with van der Waals surface area (Å²) in [5, 5.41) is 11.8. The molecule has 0 aliphatic heterocycles. The topological polar surface area (TPSA) is 75.3 Å². The third kappa shape index (κ3) is 4.46. The second-order valence-corrected chi connectivity index (χ2v) is 3.31. The summed E-state index contributed by atoms with van der Waals surface area (Å²) in [4.78, 5) is 11.2. The first kappa shape index (κ1) is 11.5. The largest absolute Gasteiger partial charge is 0.508 e. The zero-order valence-corrected chi connectivity index (χ0v) is 8.57. The molecule has 1 aromatic rings. The van der Waals surface area contributed by atoms with Crippen molar-refractivity contribution in [3.05, 3.63) is 29.8 Å². The Balaban J connectivity index is 2.30. The van der Waals surface area contributed by atoms with Gasteiger partial charge in [0.05, 0.1) is 0 Å². The summed E-state index contributed by atoms with van der Waals surface area (Å²) in [5.74, 6) is 0.250. The van der Waals surface area contributed by atoms with Gasteiger partial charge in [-0.25, -0.2) is 0 Å². The van der Waals surface area contributed by atoms with E-state index >= 15 is 0 Å². The van der Waals surface area contributed by atoms with Gasteiger partial charge >= 0.3 is 0 Å². The van der Waals surface area contributed by atoms with E-state index in [0.717, 1.165) is 5.56 Å². The molecule has 0 unspecified atom stereocenters. The number of aromatic hydroxyl groups is 1. The molecule has 4 nitrogen and oxygen atoms in total. The normalized spacial score (nSPS) is 9.93. The summed E-state index contributed by atoms with van der Waals surface area (Å²) in [6.07, 6.45) is 1.13. The van der Waals surface area contributed by atoms with E-state index in [1.54, 1.807) is 12.1 Å². The second kappa shape index (κ2) is 6.03. The Morgan fingerprint density at radius 1 is 1.33 bits per heavy atom. The summed E-state index contributed by atoms with van der Waals surface area (Å²) in [5.41, 5.74) is 6.30. The van der Waals surface area contributed by atoms with E-state index in [0.29, 0.717) is 25.9 Å². The van der Waals surface area contributed by atoms with E-state index in [-0.39, 0.29) is 11.7 Å². The number of phenolic OH excluding ortho intramolecular Hbond substituents is 1. The van der Waals surface area contributed by atoms with E-state index in [1.807, 2.05) is 12.1 Å². The van der Waals surface area contributed by atoms with Crippen molar-refractivity contribution in [1.29, 1.82) is 0 Å². The number of aryl methyl sites for hydroxylation is 1. The van der Waals surface area contributed by atoms with E-state index in [9.17, 15) is 4.79 Å². The third-order valence-electron chi connectivity index (χ3n) is 2.04. The van der Waals surface area contributed by atoms with Gasteiger partial charge in [-0.05, 0) is 24.1 Å². The molecular weight excluding hydrogens is 192 g/mol. The Kier molecular flexibility index (Phi) is 4.63. The maximum absolute atomic E-state index is 11.2. The van der Waals surface area contributed by atoms with Crippen LogP contribution in [0, 0.1) is 0 Å². The number of hydrogen-bond acceptors (Lipinski definition) is 3. The highest BCUT2D eigenvalue weighted by Gasteiger charge is 2.00. The smallest absolute Gasteiger partial charge is 0.220 e. The van der Waals surface area contributed by atoms with Crippen LogP contribution in [0.1, 0.15) is 12.0 Å². The fourth-order valence-electron chi connectivity index (χ4n) is 1.22. The van der Waals surface area contributed by atoms with E-state index in [4.69, 9.17) is 10.8 Å². The van der Waals surface area contributed by atoms with Crippen LogP contribution in [0.25, 0.3) is 0 Å². The van der Waals surface area contributed by atoms with Crippen molar-refractivity contribution in [2.75, 3.05) is 13.1 Å². The van der Waals surface area contributed by atoms with Crippen LogP contribution in [-0.4, -0.2) is 24.1 Å². The van der Waals surface area contributed by atoms with Crippen molar-refractivity contribution >= 4 is 5.91 Å². The fraction of sp³-hybridized carbons (Fsp3) is 0.364. The van der Waals surface area contributed by atoms with Crippen LogP contribution in [0.2, 0.25) is 0 Å². The predicted octanol–water partition coefficient (Wildman–Crippen LogP) is 0.400. The Morgan fingerprint density at radius 3 is 2.60 bits per heavy atom. The SMILES string of the molecule is NCCNC(=O)CCc1ccc(O)cc1. The van der Waals surface area contributed by atoms with Gasteiger partial charge in [-0.15, -0.1) is 0 Å². The molecule has 0 radical (unpaired) electrons. The monoisotopic (exact) mass is 208 g/mol. The van der Waals surface area contributed by atoms with Gasteiger partial charge in [-0.3, -0.25) is 4.79 Å². The number of phenols is 1. The standard InChI is InChI=1S/C11H16N2O2/c12-7-8-13-11(15)6-3-9-1-4-10(14)5-2-9/h1-2,4-5,14H,3,6-8,12H2,(H,13,15). The molecule has 15 heavy (non-hydrogen) atoms. The molecule has 4 heteroatoms. The van der Waals surface area contributed by atoms with Gasteiger partial charge in [-0.1, -0.05) is 12.1 Å². The molecule has 0 bridgehead atoms. The molecule has 1 rings (SSSR count). The summed E-state index contributed by atoms with van der Waals surface area (Å²) >= 11 is 0. The Hall–Kier alpha value is -1.55. The highest BCUT2D eigenvalue weighted by molar-refractivity contribution is 5.76. The van der Waals surface area contributed by atoms with Gasteiger partial charge < -0.3 is 16.2 Å². The first-order valence-corrected chi connectivity index (χ1v) is 4.97. The minimum absolute atomic E-state index is 0.00789. The molecular formula is C11H16N2O2. The molecule has 0 saturated heterocycles. The van der Waals surface area contributed by atoms with Crippen LogP contribution in [0.15, 0.2) is 24.3 Å². The number of nitrogens with one attached hydrogen (secondary N) is 1. The quantitative estimate of drug-likeness (QED) is 0.655. The molecule has 0 aliphatic carbocycles. The average Bonchev–Trinajstić information content (AvgIpc) is 2.25. The van der Waals surface area contributed by atoms with Gasteiger partial charge in [0.1, 0.15) is 5.75 Å². The lowest BCUT2D eigenvalue weighted by Gasteiger charge is -2.03. The molecule has 0 fully saturated rings. The highest BCUT2D eigenvalue weighted by Crippen LogP contribution is 2.10.